The molecule has 1 aromatic heterocycles. The van der Waals surface area contributed by atoms with Crippen LogP contribution in [-0.4, -0.2) is 23.8 Å². The Hall–Kier alpha value is -2.89. The summed E-state index contributed by atoms with van der Waals surface area (Å²) >= 11 is 0. The highest BCUT2D eigenvalue weighted by atomic mass is 16.6. The van der Waals surface area contributed by atoms with E-state index in [0.717, 1.165) is 0 Å². The molecule has 1 N–H and O–H groups in total. The van der Waals surface area contributed by atoms with E-state index in [2.05, 4.69) is 5.32 Å². The first kappa shape index (κ1) is 18.4. The summed E-state index contributed by atoms with van der Waals surface area (Å²) in [6, 6.07) is 9.46. The smallest absolute Gasteiger partial charge is 0.374 e. The van der Waals surface area contributed by atoms with Gasteiger partial charge >= 0.3 is 5.97 Å². The summed E-state index contributed by atoms with van der Waals surface area (Å²) in [4.78, 5) is 36.1. The van der Waals surface area contributed by atoms with Gasteiger partial charge in [0.1, 0.15) is 0 Å². The zero-order valence-electron chi connectivity index (χ0n) is 14.7. The summed E-state index contributed by atoms with van der Waals surface area (Å²) in [5.41, 5.74) is 0.466. The van der Waals surface area contributed by atoms with E-state index >= 15 is 0 Å². The zero-order valence-corrected chi connectivity index (χ0v) is 14.7. The maximum atomic E-state index is 12.3. The lowest BCUT2D eigenvalue weighted by Crippen LogP contribution is -2.27. The topological polar surface area (TPSA) is 85.6 Å². The van der Waals surface area contributed by atoms with Gasteiger partial charge in [-0.25, -0.2) is 4.79 Å². The van der Waals surface area contributed by atoms with Crippen molar-refractivity contribution in [2.24, 2.45) is 5.41 Å². The molecule has 2 aromatic rings. The summed E-state index contributed by atoms with van der Waals surface area (Å²) in [5.74, 6) is -1.11. The fourth-order valence-electron chi connectivity index (χ4n) is 1.94. The fourth-order valence-corrected chi connectivity index (χ4v) is 1.94. The SMILES string of the molecule is C[C@@H](OC(=O)c1ccco1)C(=O)c1ccc(NC(=O)C(C)(C)C)cc1. The summed E-state index contributed by atoms with van der Waals surface area (Å²) < 4.78 is 10.0. The van der Waals surface area contributed by atoms with Gasteiger partial charge in [-0.2, -0.15) is 0 Å². The molecule has 1 amide bonds. The molecule has 0 bridgehead atoms. The molecular formula is C19H21NO5. The molecule has 0 spiro atoms. The number of hydrogen-bond acceptors (Lipinski definition) is 5. The minimum atomic E-state index is -0.951. The Balaban J connectivity index is 2.00. The Morgan fingerprint density at radius 1 is 1.08 bits per heavy atom. The Morgan fingerprint density at radius 2 is 1.72 bits per heavy atom. The standard InChI is InChI=1S/C19H21NO5/c1-12(25-17(22)15-6-5-11-24-15)16(21)13-7-9-14(10-8-13)20-18(23)19(2,3)4/h5-12H,1-4H3,(H,20,23)/t12-/m1/s1. The van der Waals surface area contributed by atoms with Crippen LogP contribution < -0.4 is 5.32 Å². The molecule has 0 fully saturated rings. The monoisotopic (exact) mass is 343 g/mol. The second-order valence-electron chi connectivity index (χ2n) is 6.67. The number of carbonyl (C=O) groups is 3. The normalized spacial score (nSPS) is 12.3. The predicted molar refractivity (Wildman–Crippen MR) is 92.4 cm³/mol. The first-order valence-corrected chi connectivity index (χ1v) is 7.88. The first-order chi connectivity index (χ1) is 11.7. The summed E-state index contributed by atoms with van der Waals surface area (Å²) in [7, 11) is 0. The van der Waals surface area contributed by atoms with Gasteiger partial charge in [-0.1, -0.05) is 20.8 Å². The number of hydrogen-bond donors (Lipinski definition) is 1. The number of carbonyl (C=O) groups excluding carboxylic acids is 3. The van der Waals surface area contributed by atoms with Crippen LogP contribution in [0.3, 0.4) is 0 Å². The van der Waals surface area contributed by atoms with Gasteiger partial charge in [0.05, 0.1) is 6.26 Å². The number of ketones is 1. The molecule has 0 unspecified atom stereocenters. The lowest BCUT2D eigenvalue weighted by Gasteiger charge is -2.18. The fraction of sp³-hybridized carbons (Fsp3) is 0.316. The molecule has 6 heteroatoms. The number of esters is 1. The summed E-state index contributed by atoms with van der Waals surface area (Å²) in [6.07, 6.45) is 0.404. The molecule has 0 saturated carbocycles. The van der Waals surface area contributed by atoms with Crippen LogP contribution in [0.1, 0.15) is 48.6 Å². The average molecular weight is 343 g/mol. The van der Waals surface area contributed by atoms with Crippen molar-refractivity contribution in [1.29, 1.82) is 0 Å². The van der Waals surface area contributed by atoms with Crippen LogP contribution in [0.25, 0.3) is 0 Å². The van der Waals surface area contributed by atoms with Crippen molar-refractivity contribution in [1.82, 2.24) is 0 Å². The van der Waals surface area contributed by atoms with Crippen LogP contribution in [0, 0.1) is 5.41 Å². The number of ether oxygens (including phenoxy) is 1. The van der Waals surface area contributed by atoms with Crippen molar-refractivity contribution in [3.05, 3.63) is 54.0 Å². The summed E-state index contributed by atoms with van der Waals surface area (Å²) in [6.45, 7) is 6.94. The first-order valence-electron chi connectivity index (χ1n) is 7.88. The van der Waals surface area contributed by atoms with E-state index in [-0.39, 0.29) is 17.5 Å². The third-order valence-electron chi connectivity index (χ3n) is 3.48. The Labute approximate surface area is 146 Å². The van der Waals surface area contributed by atoms with Crippen LogP contribution in [0.4, 0.5) is 5.69 Å². The predicted octanol–water partition coefficient (Wildman–Crippen LogP) is 3.69. The molecule has 6 nitrogen and oxygen atoms in total. The van der Waals surface area contributed by atoms with Gasteiger partial charge < -0.3 is 14.5 Å². The minimum absolute atomic E-state index is 0.0416. The van der Waals surface area contributed by atoms with Crippen molar-refractivity contribution in [2.45, 2.75) is 33.8 Å². The molecule has 1 aromatic carbocycles. The van der Waals surface area contributed by atoms with Gasteiger partial charge in [0.2, 0.25) is 17.5 Å². The Morgan fingerprint density at radius 3 is 2.24 bits per heavy atom. The van der Waals surface area contributed by atoms with Crippen LogP contribution in [-0.2, 0) is 9.53 Å². The molecule has 1 atom stereocenters. The molecule has 25 heavy (non-hydrogen) atoms. The second-order valence-corrected chi connectivity index (χ2v) is 6.67. The van der Waals surface area contributed by atoms with E-state index in [1.807, 2.05) is 20.8 Å². The van der Waals surface area contributed by atoms with E-state index in [1.165, 1.54) is 19.3 Å². The van der Waals surface area contributed by atoms with Gasteiger partial charge in [-0.05, 0) is 43.3 Å². The molecule has 0 radical (unpaired) electrons. The third kappa shape index (κ3) is 4.79. The molecule has 1 heterocycles. The van der Waals surface area contributed by atoms with E-state index in [1.54, 1.807) is 30.3 Å². The molecule has 0 aliphatic carbocycles. The van der Waals surface area contributed by atoms with Gasteiger partial charge in [0.25, 0.3) is 0 Å². The van der Waals surface area contributed by atoms with Crippen molar-refractivity contribution in [3.63, 3.8) is 0 Å². The molecule has 0 aliphatic heterocycles. The molecule has 0 saturated heterocycles. The Bertz CT molecular complexity index is 754. The number of amides is 1. The maximum absolute atomic E-state index is 12.3. The number of benzene rings is 1. The second kappa shape index (κ2) is 7.34. The maximum Gasteiger partial charge on any atom is 0.374 e. The highest BCUT2D eigenvalue weighted by Crippen LogP contribution is 2.18. The van der Waals surface area contributed by atoms with Crippen LogP contribution in [0.5, 0.6) is 0 Å². The van der Waals surface area contributed by atoms with E-state index in [4.69, 9.17) is 9.15 Å². The van der Waals surface area contributed by atoms with Crippen LogP contribution in [0.2, 0.25) is 0 Å². The van der Waals surface area contributed by atoms with Crippen molar-refractivity contribution in [2.75, 3.05) is 5.32 Å². The molecule has 132 valence electrons. The van der Waals surface area contributed by atoms with Crippen molar-refractivity contribution in [3.8, 4) is 0 Å². The highest BCUT2D eigenvalue weighted by Gasteiger charge is 2.23. The van der Waals surface area contributed by atoms with E-state index < -0.39 is 17.5 Å². The zero-order chi connectivity index (χ0) is 18.6. The molecular weight excluding hydrogens is 322 g/mol. The number of nitrogens with one attached hydrogen (secondary N) is 1. The lowest BCUT2D eigenvalue weighted by molar-refractivity contribution is -0.123. The highest BCUT2D eigenvalue weighted by molar-refractivity contribution is 6.01. The van der Waals surface area contributed by atoms with Gasteiger partial charge in [-0.15, -0.1) is 0 Å². The van der Waals surface area contributed by atoms with E-state index in [0.29, 0.717) is 11.3 Å². The largest absolute Gasteiger partial charge is 0.457 e. The third-order valence-corrected chi connectivity index (χ3v) is 3.48. The van der Waals surface area contributed by atoms with Crippen molar-refractivity contribution < 1.29 is 23.5 Å². The lowest BCUT2D eigenvalue weighted by atomic mass is 9.95. The molecule has 2 rings (SSSR count). The number of furan rings is 1. The van der Waals surface area contributed by atoms with Crippen molar-refractivity contribution >= 4 is 23.3 Å². The van der Waals surface area contributed by atoms with Gasteiger partial charge in [-0.3, -0.25) is 9.59 Å². The quantitative estimate of drug-likeness (QED) is 0.661. The average Bonchev–Trinajstić information content (AvgIpc) is 3.08. The Kier molecular flexibility index (Phi) is 5.41. The number of rotatable bonds is 5. The minimum Gasteiger partial charge on any atom is -0.457 e. The van der Waals surface area contributed by atoms with E-state index in [9.17, 15) is 14.4 Å². The molecule has 0 aliphatic rings. The van der Waals surface area contributed by atoms with Crippen LogP contribution >= 0.6 is 0 Å². The number of anilines is 1. The van der Waals surface area contributed by atoms with Gasteiger partial charge in [0, 0.05) is 16.7 Å². The van der Waals surface area contributed by atoms with Gasteiger partial charge in [0.15, 0.2) is 6.10 Å². The van der Waals surface area contributed by atoms with Crippen LogP contribution in [0.15, 0.2) is 47.1 Å². The summed E-state index contributed by atoms with van der Waals surface area (Å²) in [5, 5.41) is 2.78. The number of Topliss-reactive ketones (excluding diaryl/α,β-unsaturated/α-hetero) is 1.